The molecule has 3 heteroatoms. The monoisotopic (exact) mass is 197 g/mol. The standard InChI is InChI=1S/C11H16FNO/c1-7(2)9-6-5-8(10(12)13-9)11(3,4)14/h5-7,14H,1-4H3. The number of nitrogens with zero attached hydrogens (tertiary/aromatic N) is 1. The van der Waals surface area contributed by atoms with Gasteiger partial charge >= 0.3 is 0 Å². The van der Waals surface area contributed by atoms with Gasteiger partial charge in [0.1, 0.15) is 0 Å². The molecule has 0 radical (unpaired) electrons. The van der Waals surface area contributed by atoms with Crippen molar-refractivity contribution >= 4 is 0 Å². The van der Waals surface area contributed by atoms with Gasteiger partial charge in [-0.2, -0.15) is 4.39 Å². The maximum Gasteiger partial charge on any atom is 0.219 e. The van der Waals surface area contributed by atoms with E-state index in [9.17, 15) is 9.50 Å². The average molecular weight is 197 g/mol. The smallest absolute Gasteiger partial charge is 0.219 e. The molecule has 0 aliphatic carbocycles. The summed E-state index contributed by atoms with van der Waals surface area (Å²) < 4.78 is 13.4. The predicted octanol–water partition coefficient (Wildman–Crippen LogP) is 2.57. The lowest BCUT2D eigenvalue weighted by atomic mass is 9.98. The lowest BCUT2D eigenvalue weighted by molar-refractivity contribution is 0.0735. The Morgan fingerprint density at radius 2 is 1.93 bits per heavy atom. The van der Waals surface area contributed by atoms with Gasteiger partial charge in [0.05, 0.1) is 5.60 Å². The Morgan fingerprint density at radius 3 is 2.29 bits per heavy atom. The van der Waals surface area contributed by atoms with Crippen LogP contribution in [0.2, 0.25) is 0 Å². The van der Waals surface area contributed by atoms with Crippen molar-refractivity contribution in [3.05, 3.63) is 29.3 Å². The number of aliphatic hydroxyl groups is 1. The van der Waals surface area contributed by atoms with Gasteiger partial charge in [-0.25, -0.2) is 4.98 Å². The van der Waals surface area contributed by atoms with Crippen LogP contribution in [-0.2, 0) is 5.60 Å². The van der Waals surface area contributed by atoms with Crippen molar-refractivity contribution in [3.63, 3.8) is 0 Å². The number of halogens is 1. The van der Waals surface area contributed by atoms with E-state index in [1.54, 1.807) is 26.0 Å². The van der Waals surface area contributed by atoms with Crippen molar-refractivity contribution < 1.29 is 9.50 Å². The fourth-order valence-electron chi connectivity index (χ4n) is 1.23. The molecule has 0 bridgehead atoms. The molecule has 0 aliphatic heterocycles. The van der Waals surface area contributed by atoms with Crippen molar-refractivity contribution in [2.75, 3.05) is 0 Å². The van der Waals surface area contributed by atoms with E-state index in [0.29, 0.717) is 5.69 Å². The van der Waals surface area contributed by atoms with E-state index in [-0.39, 0.29) is 11.5 Å². The van der Waals surface area contributed by atoms with Crippen molar-refractivity contribution in [2.24, 2.45) is 0 Å². The van der Waals surface area contributed by atoms with E-state index in [4.69, 9.17) is 0 Å². The molecule has 0 fully saturated rings. The molecule has 1 aromatic heterocycles. The first-order valence-electron chi connectivity index (χ1n) is 4.71. The molecule has 1 heterocycles. The molecule has 0 unspecified atom stereocenters. The van der Waals surface area contributed by atoms with Crippen molar-refractivity contribution in [3.8, 4) is 0 Å². The molecule has 14 heavy (non-hydrogen) atoms. The number of rotatable bonds is 2. The zero-order valence-electron chi connectivity index (χ0n) is 9.00. The van der Waals surface area contributed by atoms with Crippen LogP contribution in [0.3, 0.4) is 0 Å². The molecule has 0 saturated carbocycles. The van der Waals surface area contributed by atoms with Gasteiger partial charge in [-0.05, 0) is 31.9 Å². The molecule has 0 aromatic carbocycles. The first kappa shape index (κ1) is 11.1. The molecular formula is C11H16FNO. The molecule has 78 valence electrons. The Labute approximate surface area is 83.8 Å². The lowest BCUT2D eigenvalue weighted by Crippen LogP contribution is -2.18. The minimum Gasteiger partial charge on any atom is -0.386 e. The minimum atomic E-state index is -1.17. The molecule has 0 saturated heterocycles. The summed E-state index contributed by atoms with van der Waals surface area (Å²) in [5.41, 5.74) is -0.232. The third-order valence-electron chi connectivity index (χ3n) is 2.12. The van der Waals surface area contributed by atoms with Gasteiger partial charge in [-0.15, -0.1) is 0 Å². The summed E-state index contributed by atoms with van der Waals surface area (Å²) in [5, 5.41) is 9.62. The van der Waals surface area contributed by atoms with Gasteiger partial charge in [0.15, 0.2) is 0 Å². The summed E-state index contributed by atoms with van der Waals surface area (Å²) in [6.45, 7) is 6.99. The van der Waals surface area contributed by atoms with E-state index >= 15 is 0 Å². The van der Waals surface area contributed by atoms with Crippen molar-refractivity contribution in [1.82, 2.24) is 4.98 Å². The van der Waals surface area contributed by atoms with Crippen LogP contribution in [0, 0.1) is 5.95 Å². The van der Waals surface area contributed by atoms with Crippen LogP contribution in [0.4, 0.5) is 4.39 Å². The van der Waals surface area contributed by atoms with E-state index in [1.165, 1.54) is 0 Å². The fraction of sp³-hybridized carbons (Fsp3) is 0.545. The summed E-state index contributed by atoms with van der Waals surface area (Å²) >= 11 is 0. The van der Waals surface area contributed by atoms with Crippen LogP contribution < -0.4 is 0 Å². The van der Waals surface area contributed by atoms with E-state index in [1.807, 2.05) is 13.8 Å². The van der Waals surface area contributed by atoms with E-state index in [2.05, 4.69) is 4.98 Å². The SMILES string of the molecule is CC(C)c1ccc(C(C)(C)O)c(F)n1. The van der Waals surface area contributed by atoms with Crippen LogP contribution in [0.5, 0.6) is 0 Å². The molecule has 1 N–H and O–H groups in total. The van der Waals surface area contributed by atoms with Crippen LogP contribution in [0.1, 0.15) is 44.9 Å². The van der Waals surface area contributed by atoms with Gasteiger partial charge in [0, 0.05) is 11.3 Å². The third kappa shape index (κ3) is 2.29. The van der Waals surface area contributed by atoms with Gasteiger partial charge in [-0.3, -0.25) is 0 Å². The summed E-state index contributed by atoms with van der Waals surface area (Å²) in [4.78, 5) is 3.81. The number of aromatic nitrogens is 1. The first-order chi connectivity index (χ1) is 6.32. The summed E-state index contributed by atoms with van der Waals surface area (Å²) in [6, 6.07) is 3.35. The highest BCUT2D eigenvalue weighted by Gasteiger charge is 2.21. The maximum absolute atomic E-state index is 13.4. The third-order valence-corrected chi connectivity index (χ3v) is 2.12. The highest BCUT2D eigenvalue weighted by atomic mass is 19.1. The zero-order chi connectivity index (χ0) is 10.9. The van der Waals surface area contributed by atoms with Gasteiger partial charge < -0.3 is 5.11 Å². The van der Waals surface area contributed by atoms with Crippen LogP contribution >= 0.6 is 0 Å². The quantitative estimate of drug-likeness (QED) is 0.739. The Bertz CT molecular complexity index is 329. The zero-order valence-corrected chi connectivity index (χ0v) is 9.00. The second-order valence-electron chi connectivity index (χ2n) is 4.29. The minimum absolute atomic E-state index is 0.195. The Balaban J connectivity index is 3.15. The molecule has 0 aliphatic rings. The number of pyridine rings is 1. The second kappa shape index (κ2) is 3.65. The largest absolute Gasteiger partial charge is 0.386 e. The first-order valence-corrected chi connectivity index (χ1v) is 4.71. The van der Waals surface area contributed by atoms with E-state index in [0.717, 1.165) is 0 Å². The fourth-order valence-corrected chi connectivity index (χ4v) is 1.23. The maximum atomic E-state index is 13.4. The van der Waals surface area contributed by atoms with E-state index < -0.39 is 11.5 Å². The predicted molar refractivity (Wildman–Crippen MR) is 53.5 cm³/mol. The molecular weight excluding hydrogens is 181 g/mol. The second-order valence-corrected chi connectivity index (χ2v) is 4.29. The molecule has 1 aromatic rings. The molecule has 0 spiro atoms. The van der Waals surface area contributed by atoms with Crippen LogP contribution in [0.15, 0.2) is 12.1 Å². The Hall–Kier alpha value is -0.960. The normalized spacial score (nSPS) is 12.2. The molecule has 1 rings (SSSR count). The van der Waals surface area contributed by atoms with Crippen molar-refractivity contribution in [1.29, 1.82) is 0 Å². The number of hydrogen-bond acceptors (Lipinski definition) is 2. The number of hydrogen-bond donors (Lipinski definition) is 1. The highest BCUT2D eigenvalue weighted by molar-refractivity contribution is 5.22. The lowest BCUT2D eigenvalue weighted by Gasteiger charge is -2.18. The topological polar surface area (TPSA) is 33.1 Å². The molecule has 0 atom stereocenters. The highest BCUT2D eigenvalue weighted by Crippen LogP contribution is 2.23. The van der Waals surface area contributed by atoms with Crippen LogP contribution in [0.25, 0.3) is 0 Å². The van der Waals surface area contributed by atoms with Crippen molar-refractivity contribution in [2.45, 2.75) is 39.2 Å². The average Bonchev–Trinajstić information content (AvgIpc) is 2.01. The van der Waals surface area contributed by atoms with Gasteiger partial charge in [0.25, 0.3) is 0 Å². The molecule has 2 nitrogen and oxygen atoms in total. The van der Waals surface area contributed by atoms with Crippen LogP contribution in [-0.4, -0.2) is 10.1 Å². The Kier molecular flexibility index (Phi) is 2.90. The summed E-state index contributed by atoms with van der Waals surface area (Å²) in [5.74, 6) is -0.385. The van der Waals surface area contributed by atoms with Gasteiger partial charge in [0.2, 0.25) is 5.95 Å². The van der Waals surface area contributed by atoms with Gasteiger partial charge in [-0.1, -0.05) is 13.8 Å². The molecule has 0 amide bonds. The summed E-state index contributed by atoms with van der Waals surface area (Å²) in [7, 11) is 0. The summed E-state index contributed by atoms with van der Waals surface area (Å²) in [6.07, 6.45) is 0. The Morgan fingerprint density at radius 1 is 1.36 bits per heavy atom.